The zero-order valence-electron chi connectivity index (χ0n) is 18.2. The van der Waals surface area contributed by atoms with Crippen LogP contribution in [0.3, 0.4) is 0 Å². The molecule has 32 heavy (non-hydrogen) atoms. The van der Waals surface area contributed by atoms with Crippen molar-refractivity contribution in [1.29, 1.82) is 0 Å². The summed E-state index contributed by atoms with van der Waals surface area (Å²) in [7, 11) is 0. The fraction of sp³-hybridized carbons (Fsp3) is 0.417. The van der Waals surface area contributed by atoms with Crippen molar-refractivity contribution >= 4 is 17.6 Å². The molecule has 2 N–H and O–H groups in total. The molecule has 4 rings (SSSR count). The van der Waals surface area contributed by atoms with Crippen molar-refractivity contribution in [2.24, 2.45) is 0 Å². The van der Waals surface area contributed by atoms with Gasteiger partial charge >= 0.3 is 6.03 Å². The SMILES string of the molecule is CC(C)(O)C(=O)N1CCC(c2ccc(NC(=O)N3Cc4cc(F)cc(F)c4C3)cc2)CC1. The fourth-order valence-corrected chi connectivity index (χ4v) is 4.41. The number of carbonyl (C=O) groups is 2. The van der Waals surface area contributed by atoms with Crippen molar-refractivity contribution in [3.63, 3.8) is 0 Å². The number of likely N-dealkylation sites (tertiary alicyclic amines) is 1. The smallest absolute Gasteiger partial charge is 0.322 e. The summed E-state index contributed by atoms with van der Waals surface area (Å²) < 4.78 is 27.3. The average molecular weight is 443 g/mol. The lowest BCUT2D eigenvalue weighted by molar-refractivity contribution is -0.148. The zero-order valence-corrected chi connectivity index (χ0v) is 18.2. The van der Waals surface area contributed by atoms with E-state index in [-0.39, 0.29) is 25.0 Å². The molecule has 1 saturated heterocycles. The Kier molecular flexibility index (Phi) is 5.90. The Labute approximate surface area is 185 Å². The highest BCUT2D eigenvalue weighted by atomic mass is 19.1. The molecule has 0 spiro atoms. The maximum Gasteiger partial charge on any atom is 0.322 e. The highest BCUT2D eigenvalue weighted by Crippen LogP contribution is 2.30. The van der Waals surface area contributed by atoms with Crippen LogP contribution in [0, 0.1) is 11.6 Å². The number of rotatable bonds is 3. The predicted molar refractivity (Wildman–Crippen MR) is 116 cm³/mol. The number of piperidine rings is 1. The average Bonchev–Trinajstić information content (AvgIpc) is 3.18. The van der Waals surface area contributed by atoms with Crippen LogP contribution in [0.25, 0.3) is 0 Å². The first-order chi connectivity index (χ1) is 15.1. The van der Waals surface area contributed by atoms with Crippen molar-refractivity contribution in [3.05, 3.63) is 64.7 Å². The molecule has 2 aromatic rings. The number of aliphatic hydroxyl groups is 1. The molecule has 0 aromatic heterocycles. The molecule has 2 aliphatic rings. The lowest BCUT2D eigenvalue weighted by atomic mass is 9.89. The van der Waals surface area contributed by atoms with Gasteiger partial charge in [-0.3, -0.25) is 4.79 Å². The molecule has 0 atom stereocenters. The van der Waals surface area contributed by atoms with Crippen LogP contribution >= 0.6 is 0 Å². The molecule has 0 aliphatic carbocycles. The standard InChI is InChI=1S/C24H27F2N3O3/c1-24(2,32)22(30)28-9-7-16(8-10-28)15-3-5-19(6-4-15)27-23(31)29-13-17-11-18(25)12-21(26)20(17)14-29/h3-6,11-12,16,32H,7-10,13-14H2,1-2H3,(H,27,31). The van der Waals surface area contributed by atoms with Gasteiger partial charge in [-0.15, -0.1) is 0 Å². The second kappa shape index (κ2) is 8.50. The van der Waals surface area contributed by atoms with Gasteiger partial charge in [0.2, 0.25) is 0 Å². The monoisotopic (exact) mass is 443 g/mol. The Morgan fingerprint density at radius 2 is 1.69 bits per heavy atom. The Morgan fingerprint density at radius 1 is 1.03 bits per heavy atom. The van der Waals surface area contributed by atoms with Crippen LogP contribution in [0.2, 0.25) is 0 Å². The van der Waals surface area contributed by atoms with Gasteiger partial charge in [-0.2, -0.15) is 0 Å². The van der Waals surface area contributed by atoms with Gasteiger partial charge in [0.1, 0.15) is 17.2 Å². The zero-order chi connectivity index (χ0) is 23.0. The number of benzene rings is 2. The van der Waals surface area contributed by atoms with Gasteiger partial charge in [-0.25, -0.2) is 13.6 Å². The van der Waals surface area contributed by atoms with E-state index in [0.29, 0.717) is 35.8 Å². The lowest BCUT2D eigenvalue weighted by Crippen LogP contribution is -2.48. The normalized spacial score (nSPS) is 16.8. The molecular formula is C24H27F2N3O3. The van der Waals surface area contributed by atoms with E-state index in [1.54, 1.807) is 4.90 Å². The number of fused-ring (bicyclic) bond motifs is 1. The number of nitrogens with one attached hydrogen (secondary N) is 1. The largest absolute Gasteiger partial charge is 0.381 e. The minimum absolute atomic E-state index is 0.104. The number of hydrogen-bond donors (Lipinski definition) is 2. The molecular weight excluding hydrogens is 416 g/mol. The Morgan fingerprint density at radius 3 is 2.31 bits per heavy atom. The highest BCUT2D eigenvalue weighted by molar-refractivity contribution is 5.89. The van der Waals surface area contributed by atoms with Gasteiger partial charge < -0.3 is 20.2 Å². The van der Waals surface area contributed by atoms with Crippen LogP contribution in [0.15, 0.2) is 36.4 Å². The van der Waals surface area contributed by atoms with E-state index in [0.717, 1.165) is 24.5 Å². The van der Waals surface area contributed by atoms with Crippen molar-refractivity contribution < 1.29 is 23.5 Å². The van der Waals surface area contributed by atoms with E-state index in [1.807, 2.05) is 24.3 Å². The second-order valence-electron chi connectivity index (χ2n) is 9.06. The van der Waals surface area contributed by atoms with Gasteiger partial charge in [-0.1, -0.05) is 12.1 Å². The van der Waals surface area contributed by atoms with Crippen LogP contribution in [-0.4, -0.2) is 45.5 Å². The number of amides is 3. The van der Waals surface area contributed by atoms with Crippen LogP contribution in [0.1, 0.15) is 49.3 Å². The van der Waals surface area contributed by atoms with Crippen LogP contribution in [0.4, 0.5) is 19.3 Å². The van der Waals surface area contributed by atoms with E-state index in [1.165, 1.54) is 24.8 Å². The predicted octanol–water partition coefficient (Wildman–Crippen LogP) is 3.99. The molecule has 2 heterocycles. The van der Waals surface area contributed by atoms with Gasteiger partial charge in [0.25, 0.3) is 5.91 Å². The minimum Gasteiger partial charge on any atom is -0.381 e. The van der Waals surface area contributed by atoms with E-state index < -0.39 is 17.2 Å². The van der Waals surface area contributed by atoms with Crippen molar-refractivity contribution in [3.8, 4) is 0 Å². The van der Waals surface area contributed by atoms with Crippen molar-refractivity contribution in [2.45, 2.75) is 51.3 Å². The van der Waals surface area contributed by atoms with Crippen LogP contribution in [-0.2, 0) is 17.9 Å². The molecule has 0 bridgehead atoms. The van der Waals surface area contributed by atoms with E-state index in [9.17, 15) is 23.5 Å². The van der Waals surface area contributed by atoms with Gasteiger partial charge in [-0.05, 0) is 61.9 Å². The minimum atomic E-state index is -1.36. The van der Waals surface area contributed by atoms with E-state index in [4.69, 9.17) is 0 Å². The Bertz CT molecular complexity index is 1030. The first-order valence-electron chi connectivity index (χ1n) is 10.8. The molecule has 6 nitrogen and oxygen atoms in total. The van der Waals surface area contributed by atoms with Gasteiger partial charge in [0.05, 0.1) is 6.54 Å². The second-order valence-corrected chi connectivity index (χ2v) is 9.06. The number of urea groups is 1. The summed E-state index contributed by atoms with van der Waals surface area (Å²) in [4.78, 5) is 27.9. The summed E-state index contributed by atoms with van der Waals surface area (Å²) >= 11 is 0. The summed E-state index contributed by atoms with van der Waals surface area (Å²) in [6.45, 7) is 4.47. The first kappa shape index (κ1) is 22.2. The molecule has 2 aliphatic heterocycles. The van der Waals surface area contributed by atoms with Crippen LogP contribution < -0.4 is 5.32 Å². The van der Waals surface area contributed by atoms with Crippen molar-refractivity contribution in [1.82, 2.24) is 9.80 Å². The Balaban J connectivity index is 1.32. The van der Waals surface area contributed by atoms with Crippen LogP contribution in [0.5, 0.6) is 0 Å². The summed E-state index contributed by atoms with van der Waals surface area (Å²) in [5, 5.41) is 12.7. The van der Waals surface area contributed by atoms with E-state index in [2.05, 4.69) is 5.32 Å². The first-order valence-corrected chi connectivity index (χ1v) is 10.8. The number of halogens is 2. The summed E-state index contributed by atoms with van der Waals surface area (Å²) in [6, 6.07) is 9.30. The van der Waals surface area contributed by atoms with Gasteiger partial charge in [0, 0.05) is 37.0 Å². The molecule has 170 valence electrons. The number of anilines is 1. The summed E-state index contributed by atoms with van der Waals surface area (Å²) in [5.41, 5.74) is 1.23. The topological polar surface area (TPSA) is 72.9 Å². The van der Waals surface area contributed by atoms with Gasteiger partial charge in [0.15, 0.2) is 0 Å². The quantitative estimate of drug-likeness (QED) is 0.754. The third kappa shape index (κ3) is 4.60. The molecule has 0 radical (unpaired) electrons. The molecule has 8 heteroatoms. The highest BCUT2D eigenvalue weighted by Gasteiger charge is 2.32. The molecule has 0 unspecified atom stereocenters. The molecule has 0 saturated carbocycles. The maximum absolute atomic E-state index is 13.9. The van der Waals surface area contributed by atoms with Crippen molar-refractivity contribution in [2.75, 3.05) is 18.4 Å². The molecule has 2 aromatic carbocycles. The molecule has 1 fully saturated rings. The summed E-state index contributed by atoms with van der Waals surface area (Å²) in [5.74, 6) is -1.22. The lowest BCUT2D eigenvalue weighted by Gasteiger charge is -2.35. The third-order valence-electron chi connectivity index (χ3n) is 6.19. The number of carbonyl (C=O) groups excluding carboxylic acids is 2. The number of hydrogen-bond acceptors (Lipinski definition) is 3. The maximum atomic E-state index is 13.9. The molecule has 3 amide bonds. The fourth-order valence-electron chi connectivity index (χ4n) is 4.41. The number of nitrogens with zero attached hydrogens (tertiary/aromatic N) is 2. The Hall–Kier alpha value is -3.00. The summed E-state index contributed by atoms with van der Waals surface area (Å²) in [6.07, 6.45) is 1.61. The van der Waals surface area contributed by atoms with E-state index >= 15 is 0 Å². The third-order valence-corrected chi connectivity index (χ3v) is 6.19.